The minimum Gasteiger partial charge on any atom is -0.475 e. The molecule has 2 aromatic heterocycles. The molecular weight excluding hydrogens is 292 g/mol. The lowest BCUT2D eigenvalue weighted by Gasteiger charge is -2.04. The Balaban J connectivity index is 1.96. The van der Waals surface area contributed by atoms with Crippen LogP contribution in [0.1, 0.15) is 12.1 Å². The molecule has 2 aromatic rings. The summed E-state index contributed by atoms with van der Waals surface area (Å²) in [4.78, 5) is 22.1. The van der Waals surface area contributed by atoms with Crippen molar-refractivity contribution < 1.29 is 14.5 Å². The first-order chi connectivity index (χ1) is 10.4. The predicted molar refractivity (Wildman–Crippen MR) is 76.6 cm³/mol. The van der Waals surface area contributed by atoms with Crippen molar-refractivity contribution in [1.29, 1.82) is 0 Å². The van der Waals surface area contributed by atoms with Crippen LogP contribution in [-0.4, -0.2) is 37.5 Å². The van der Waals surface area contributed by atoms with Gasteiger partial charge in [0.05, 0.1) is 36.2 Å². The normalized spacial score (nSPS) is 10.5. The summed E-state index contributed by atoms with van der Waals surface area (Å²) in [5.74, 6) is -0.304. The van der Waals surface area contributed by atoms with Gasteiger partial charge in [-0.3, -0.25) is 24.3 Å². The van der Waals surface area contributed by atoms with Gasteiger partial charge in [0.1, 0.15) is 6.20 Å². The first-order valence-electron chi connectivity index (χ1n) is 6.46. The third kappa shape index (κ3) is 3.22. The molecule has 2 heterocycles. The lowest BCUT2D eigenvalue weighted by atomic mass is 10.3. The SMILES string of the molecule is COc1nn(CCC(=O)Nc2cnn(C)c2C)cc1[N+](=O)[O-]. The van der Waals surface area contributed by atoms with Gasteiger partial charge in [-0.1, -0.05) is 0 Å². The highest BCUT2D eigenvalue weighted by molar-refractivity contribution is 5.91. The Hall–Kier alpha value is -2.91. The molecule has 0 fully saturated rings. The average molecular weight is 308 g/mol. The number of hydrogen-bond acceptors (Lipinski definition) is 6. The summed E-state index contributed by atoms with van der Waals surface area (Å²) < 4.78 is 7.79. The molecule has 0 aliphatic carbocycles. The average Bonchev–Trinajstić information content (AvgIpc) is 3.03. The van der Waals surface area contributed by atoms with E-state index in [1.807, 2.05) is 6.92 Å². The maximum absolute atomic E-state index is 11.9. The molecule has 10 nitrogen and oxygen atoms in total. The quantitative estimate of drug-likeness (QED) is 0.625. The van der Waals surface area contributed by atoms with E-state index in [2.05, 4.69) is 15.5 Å². The highest BCUT2D eigenvalue weighted by Gasteiger charge is 2.20. The number of carbonyl (C=O) groups excluding carboxylic acids is 1. The van der Waals surface area contributed by atoms with Crippen molar-refractivity contribution in [2.24, 2.45) is 7.05 Å². The van der Waals surface area contributed by atoms with Crippen LogP contribution in [0.25, 0.3) is 0 Å². The first kappa shape index (κ1) is 15.5. The van der Waals surface area contributed by atoms with Crippen LogP contribution < -0.4 is 10.1 Å². The van der Waals surface area contributed by atoms with Crippen LogP contribution in [0.3, 0.4) is 0 Å². The number of methoxy groups -OCH3 is 1. The molecule has 1 amide bonds. The maximum atomic E-state index is 11.9. The van der Waals surface area contributed by atoms with Crippen LogP contribution in [0.2, 0.25) is 0 Å². The summed E-state index contributed by atoms with van der Waals surface area (Å²) >= 11 is 0. The van der Waals surface area contributed by atoms with Gasteiger partial charge in [-0.25, -0.2) is 0 Å². The van der Waals surface area contributed by atoms with Gasteiger partial charge in [0.15, 0.2) is 0 Å². The summed E-state index contributed by atoms with van der Waals surface area (Å²) in [5, 5.41) is 21.5. The van der Waals surface area contributed by atoms with E-state index in [4.69, 9.17) is 4.74 Å². The molecule has 118 valence electrons. The Kier molecular flexibility index (Phi) is 4.39. The standard InChI is InChI=1S/C12H16N6O4/c1-8-9(6-13-16(8)2)14-11(19)4-5-17-7-10(18(20)21)12(15-17)22-3/h6-7H,4-5H2,1-3H3,(H,14,19). The number of nitrogens with zero attached hydrogens (tertiary/aromatic N) is 5. The second-order valence-corrected chi connectivity index (χ2v) is 4.61. The van der Waals surface area contributed by atoms with Gasteiger partial charge in [-0.05, 0) is 6.92 Å². The largest absolute Gasteiger partial charge is 0.475 e. The van der Waals surface area contributed by atoms with E-state index >= 15 is 0 Å². The zero-order chi connectivity index (χ0) is 16.3. The molecule has 0 bridgehead atoms. The van der Waals surface area contributed by atoms with Crippen LogP contribution in [-0.2, 0) is 18.4 Å². The third-order valence-corrected chi connectivity index (χ3v) is 3.18. The second-order valence-electron chi connectivity index (χ2n) is 4.61. The van der Waals surface area contributed by atoms with Gasteiger partial charge >= 0.3 is 11.6 Å². The molecule has 1 N–H and O–H groups in total. The van der Waals surface area contributed by atoms with E-state index in [1.165, 1.54) is 18.0 Å². The summed E-state index contributed by atoms with van der Waals surface area (Å²) in [6.45, 7) is 2.04. The van der Waals surface area contributed by atoms with Crippen LogP contribution in [0.4, 0.5) is 11.4 Å². The summed E-state index contributed by atoms with van der Waals surface area (Å²) in [6, 6.07) is 0. The van der Waals surface area contributed by atoms with Crippen molar-refractivity contribution in [1.82, 2.24) is 19.6 Å². The zero-order valence-corrected chi connectivity index (χ0v) is 12.4. The number of hydrogen-bond donors (Lipinski definition) is 1. The van der Waals surface area contributed by atoms with E-state index < -0.39 is 4.92 Å². The number of aromatic nitrogens is 4. The molecule has 0 saturated carbocycles. The molecule has 0 radical (unpaired) electrons. The molecule has 10 heteroatoms. The Morgan fingerprint density at radius 1 is 1.55 bits per heavy atom. The number of nitro groups is 1. The zero-order valence-electron chi connectivity index (χ0n) is 12.4. The topological polar surface area (TPSA) is 117 Å². The van der Waals surface area contributed by atoms with Crippen LogP contribution in [0.5, 0.6) is 5.88 Å². The van der Waals surface area contributed by atoms with Crippen LogP contribution in [0.15, 0.2) is 12.4 Å². The number of amides is 1. The Morgan fingerprint density at radius 3 is 2.77 bits per heavy atom. The molecule has 0 spiro atoms. The van der Waals surface area contributed by atoms with Crippen molar-refractivity contribution >= 4 is 17.3 Å². The van der Waals surface area contributed by atoms with Gasteiger partial charge in [0.25, 0.3) is 0 Å². The van der Waals surface area contributed by atoms with Gasteiger partial charge in [0, 0.05) is 13.5 Å². The molecule has 0 aliphatic rings. The van der Waals surface area contributed by atoms with Gasteiger partial charge in [-0.2, -0.15) is 5.10 Å². The van der Waals surface area contributed by atoms with E-state index in [9.17, 15) is 14.9 Å². The molecule has 0 saturated heterocycles. The molecule has 22 heavy (non-hydrogen) atoms. The Bertz CT molecular complexity index is 705. The van der Waals surface area contributed by atoms with Crippen LogP contribution in [0, 0.1) is 17.0 Å². The summed E-state index contributed by atoms with van der Waals surface area (Å²) in [6.07, 6.45) is 2.92. The minimum absolute atomic E-state index is 0.0755. The molecule has 2 rings (SSSR count). The fraction of sp³-hybridized carbons (Fsp3) is 0.417. The number of nitrogens with one attached hydrogen (secondary N) is 1. The number of carbonyl (C=O) groups is 1. The van der Waals surface area contributed by atoms with Gasteiger partial charge < -0.3 is 10.1 Å². The monoisotopic (exact) mass is 308 g/mol. The molecule has 0 atom stereocenters. The summed E-state index contributed by atoms with van der Waals surface area (Å²) in [7, 11) is 3.08. The fourth-order valence-corrected chi connectivity index (χ4v) is 1.83. The Labute approximate surface area is 125 Å². The van der Waals surface area contributed by atoms with E-state index in [1.54, 1.807) is 17.9 Å². The van der Waals surface area contributed by atoms with Gasteiger partial charge in [0.2, 0.25) is 5.91 Å². The van der Waals surface area contributed by atoms with Crippen LogP contribution >= 0.6 is 0 Å². The van der Waals surface area contributed by atoms with Crippen molar-refractivity contribution in [3.63, 3.8) is 0 Å². The fourth-order valence-electron chi connectivity index (χ4n) is 1.83. The third-order valence-electron chi connectivity index (χ3n) is 3.18. The minimum atomic E-state index is -0.582. The number of aryl methyl sites for hydroxylation is 2. The first-order valence-corrected chi connectivity index (χ1v) is 6.46. The lowest BCUT2D eigenvalue weighted by Crippen LogP contribution is -2.15. The summed E-state index contributed by atoms with van der Waals surface area (Å²) in [5.41, 5.74) is 1.24. The number of ether oxygens (including phenoxy) is 1. The van der Waals surface area contributed by atoms with E-state index in [0.29, 0.717) is 5.69 Å². The molecule has 0 aromatic carbocycles. The highest BCUT2D eigenvalue weighted by Crippen LogP contribution is 2.24. The number of anilines is 1. The highest BCUT2D eigenvalue weighted by atomic mass is 16.6. The van der Waals surface area contributed by atoms with Crippen molar-refractivity contribution in [3.05, 3.63) is 28.2 Å². The molecular formula is C12H16N6O4. The van der Waals surface area contributed by atoms with Gasteiger partial charge in [-0.15, -0.1) is 5.10 Å². The second kappa shape index (κ2) is 6.24. The maximum Gasteiger partial charge on any atom is 0.350 e. The van der Waals surface area contributed by atoms with Crippen molar-refractivity contribution in [3.8, 4) is 5.88 Å². The van der Waals surface area contributed by atoms with Crippen molar-refractivity contribution in [2.75, 3.05) is 12.4 Å². The smallest absolute Gasteiger partial charge is 0.350 e. The molecule has 0 aliphatic heterocycles. The van der Waals surface area contributed by atoms with Crippen molar-refractivity contribution in [2.45, 2.75) is 19.9 Å². The van der Waals surface area contributed by atoms with E-state index in [-0.39, 0.29) is 30.4 Å². The van der Waals surface area contributed by atoms with E-state index in [0.717, 1.165) is 5.69 Å². The Morgan fingerprint density at radius 2 is 2.27 bits per heavy atom. The molecule has 0 unspecified atom stereocenters. The number of rotatable bonds is 6. The predicted octanol–water partition coefficient (Wildman–Crippen LogP) is 0.871. The lowest BCUT2D eigenvalue weighted by molar-refractivity contribution is -0.385.